The van der Waals surface area contributed by atoms with Crippen LogP contribution in [0.15, 0.2) is 18.2 Å². The number of fused-ring (bicyclic) bond motifs is 1. The maximum absolute atomic E-state index is 12.9. The van der Waals surface area contributed by atoms with Crippen LogP contribution in [0.3, 0.4) is 0 Å². The predicted molar refractivity (Wildman–Crippen MR) is 47.7 cm³/mol. The molecule has 0 amide bonds. The van der Waals surface area contributed by atoms with Crippen LogP contribution in [0.25, 0.3) is 11.0 Å². The van der Waals surface area contributed by atoms with Gasteiger partial charge < -0.3 is 10.1 Å². The molecule has 1 aromatic heterocycles. The number of aromatic hydroxyl groups is 1. The van der Waals surface area contributed by atoms with E-state index in [9.17, 15) is 17.6 Å². The lowest BCUT2D eigenvalue weighted by atomic mass is 10.3. The van der Waals surface area contributed by atoms with Crippen LogP contribution in [0.1, 0.15) is 5.82 Å². The van der Waals surface area contributed by atoms with Gasteiger partial charge in [-0.2, -0.15) is 8.78 Å². The first kappa shape index (κ1) is 10.7. The molecule has 0 saturated heterocycles. The first-order valence-corrected chi connectivity index (χ1v) is 4.26. The molecule has 1 heterocycles. The summed E-state index contributed by atoms with van der Waals surface area (Å²) in [5.74, 6) is -5.60. The summed E-state index contributed by atoms with van der Waals surface area (Å²) in [4.78, 5) is 5.41. The molecule has 0 aliphatic heterocycles. The number of nitrogens with one attached hydrogen (secondary N) is 1. The molecule has 0 atom stereocenters. The summed E-state index contributed by atoms with van der Waals surface area (Å²) in [7, 11) is 0. The Labute approximate surface area is 86.7 Å². The highest BCUT2D eigenvalue weighted by Crippen LogP contribution is 2.33. The van der Waals surface area contributed by atoms with Crippen molar-refractivity contribution >= 4 is 11.0 Å². The van der Waals surface area contributed by atoms with Gasteiger partial charge in [0.05, 0.1) is 11.0 Å². The highest BCUT2D eigenvalue weighted by atomic mass is 19.3. The van der Waals surface area contributed by atoms with E-state index in [1.54, 1.807) is 0 Å². The minimum Gasteiger partial charge on any atom is -0.508 e. The summed E-state index contributed by atoms with van der Waals surface area (Å²) in [6.45, 7) is 0. The van der Waals surface area contributed by atoms with Crippen molar-refractivity contribution in [2.45, 2.75) is 12.3 Å². The van der Waals surface area contributed by atoms with E-state index in [4.69, 9.17) is 5.11 Å². The van der Waals surface area contributed by atoms with Gasteiger partial charge in [0.2, 0.25) is 0 Å². The lowest BCUT2D eigenvalue weighted by molar-refractivity contribution is -0.140. The normalized spacial score (nSPS) is 12.6. The van der Waals surface area contributed by atoms with Crippen LogP contribution in [0.2, 0.25) is 0 Å². The molecule has 0 saturated carbocycles. The first-order valence-electron chi connectivity index (χ1n) is 4.26. The van der Waals surface area contributed by atoms with Crippen LogP contribution < -0.4 is 0 Å². The van der Waals surface area contributed by atoms with Crippen LogP contribution in [-0.2, 0) is 5.92 Å². The molecule has 0 aliphatic rings. The predicted octanol–water partition coefficient (Wildman–Crippen LogP) is 2.63. The van der Waals surface area contributed by atoms with Crippen LogP contribution in [0.4, 0.5) is 17.6 Å². The summed E-state index contributed by atoms with van der Waals surface area (Å²) >= 11 is 0. The summed E-state index contributed by atoms with van der Waals surface area (Å²) in [6.07, 6.45) is -3.83. The van der Waals surface area contributed by atoms with Crippen molar-refractivity contribution in [1.82, 2.24) is 9.97 Å². The third kappa shape index (κ3) is 1.58. The molecule has 0 aliphatic carbocycles. The second-order valence-corrected chi connectivity index (χ2v) is 3.21. The molecule has 16 heavy (non-hydrogen) atoms. The van der Waals surface area contributed by atoms with Gasteiger partial charge in [0, 0.05) is 6.07 Å². The molecule has 0 spiro atoms. The van der Waals surface area contributed by atoms with E-state index in [1.165, 1.54) is 12.1 Å². The number of rotatable bonds is 2. The molecule has 0 fully saturated rings. The van der Waals surface area contributed by atoms with E-state index in [2.05, 4.69) is 9.97 Å². The largest absolute Gasteiger partial charge is 0.508 e. The van der Waals surface area contributed by atoms with E-state index >= 15 is 0 Å². The summed E-state index contributed by atoms with van der Waals surface area (Å²) in [5.41, 5.74) is 0.170. The standard InChI is InChI=1S/C9H6F4N2O/c10-7(11)9(12,13)8-14-5-2-1-4(16)3-6(5)15-8/h1-3,7,16H,(H,14,15). The van der Waals surface area contributed by atoms with Gasteiger partial charge in [-0.1, -0.05) is 0 Å². The maximum Gasteiger partial charge on any atom is 0.363 e. The fraction of sp³-hybridized carbons (Fsp3) is 0.222. The van der Waals surface area contributed by atoms with Gasteiger partial charge in [0.15, 0.2) is 5.82 Å². The molecule has 2 rings (SSSR count). The molecule has 3 nitrogen and oxygen atoms in total. The van der Waals surface area contributed by atoms with Crippen molar-refractivity contribution in [3.63, 3.8) is 0 Å². The number of aromatic nitrogens is 2. The number of H-pyrrole nitrogens is 1. The average molecular weight is 234 g/mol. The zero-order valence-electron chi connectivity index (χ0n) is 7.72. The average Bonchev–Trinajstić information content (AvgIpc) is 2.60. The number of aromatic amines is 1. The molecular formula is C9H6F4N2O. The molecule has 0 bridgehead atoms. The van der Waals surface area contributed by atoms with Gasteiger partial charge in [-0.15, -0.1) is 0 Å². The van der Waals surface area contributed by atoms with Crippen molar-refractivity contribution in [3.8, 4) is 5.75 Å². The highest BCUT2D eigenvalue weighted by Gasteiger charge is 2.45. The van der Waals surface area contributed by atoms with E-state index in [0.29, 0.717) is 0 Å². The smallest absolute Gasteiger partial charge is 0.363 e. The van der Waals surface area contributed by atoms with Crippen LogP contribution in [0, 0.1) is 0 Å². The Morgan fingerprint density at radius 3 is 2.62 bits per heavy atom. The summed E-state index contributed by atoms with van der Waals surface area (Å²) in [6, 6.07) is 3.62. The van der Waals surface area contributed by atoms with E-state index in [0.717, 1.165) is 6.07 Å². The highest BCUT2D eigenvalue weighted by molar-refractivity contribution is 5.76. The van der Waals surface area contributed by atoms with E-state index < -0.39 is 18.2 Å². The number of benzene rings is 1. The maximum atomic E-state index is 12.9. The van der Waals surface area contributed by atoms with Crippen molar-refractivity contribution in [2.24, 2.45) is 0 Å². The van der Waals surface area contributed by atoms with Crippen molar-refractivity contribution < 1.29 is 22.7 Å². The quantitative estimate of drug-likeness (QED) is 0.784. The van der Waals surface area contributed by atoms with Crippen molar-refractivity contribution in [2.75, 3.05) is 0 Å². The Balaban J connectivity index is 2.55. The number of halogens is 4. The number of imidazole rings is 1. The van der Waals surface area contributed by atoms with Gasteiger partial charge in [-0.05, 0) is 12.1 Å². The number of nitrogens with zero attached hydrogens (tertiary/aromatic N) is 1. The zero-order valence-corrected chi connectivity index (χ0v) is 7.72. The molecule has 86 valence electrons. The molecule has 7 heteroatoms. The van der Waals surface area contributed by atoms with Crippen LogP contribution in [0.5, 0.6) is 5.75 Å². The van der Waals surface area contributed by atoms with Gasteiger partial charge in [0.25, 0.3) is 0 Å². The van der Waals surface area contributed by atoms with Gasteiger partial charge >= 0.3 is 12.3 Å². The molecule has 2 aromatic rings. The van der Waals surface area contributed by atoms with Crippen LogP contribution in [-0.4, -0.2) is 21.5 Å². The van der Waals surface area contributed by atoms with Gasteiger partial charge in [0.1, 0.15) is 5.75 Å². The van der Waals surface area contributed by atoms with Gasteiger partial charge in [-0.3, -0.25) is 0 Å². The lowest BCUT2D eigenvalue weighted by Crippen LogP contribution is -2.25. The van der Waals surface area contributed by atoms with E-state index in [1.807, 2.05) is 0 Å². The lowest BCUT2D eigenvalue weighted by Gasteiger charge is -2.11. The Bertz CT molecular complexity index is 523. The number of alkyl halides is 4. The zero-order chi connectivity index (χ0) is 11.9. The van der Waals surface area contributed by atoms with Crippen LogP contribution >= 0.6 is 0 Å². The fourth-order valence-electron chi connectivity index (χ4n) is 1.26. The van der Waals surface area contributed by atoms with E-state index in [-0.39, 0.29) is 16.8 Å². The second-order valence-electron chi connectivity index (χ2n) is 3.21. The first-order chi connectivity index (χ1) is 7.41. The molecule has 2 N–H and O–H groups in total. The SMILES string of the molecule is Oc1ccc2nc(C(F)(F)C(F)F)[nH]c2c1. The van der Waals surface area contributed by atoms with Crippen molar-refractivity contribution in [3.05, 3.63) is 24.0 Å². The molecule has 1 aromatic carbocycles. The monoisotopic (exact) mass is 234 g/mol. The second kappa shape index (κ2) is 3.36. The third-order valence-corrected chi connectivity index (χ3v) is 2.06. The third-order valence-electron chi connectivity index (χ3n) is 2.06. The Morgan fingerprint density at radius 2 is 2.00 bits per heavy atom. The Hall–Kier alpha value is -1.79. The van der Waals surface area contributed by atoms with Gasteiger partial charge in [-0.25, -0.2) is 13.8 Å². The minimum atomic E-state index is -4.32. The molecule has 0 unspecified atom stereocenters. The number of phenolic OH excluding ortho intramolecular Hbond substituents is 1. The summed E-state index contributed by atoms with van der Waals surface area (Å²) in [5, 5.41) is 9.07. The summed E-state index contributed by atoms with van der Waals surface area (Å²) < 4.78 is 49.9. The Morgan fingerprint density at radius 1 is 1.31 bits per heavy atom. The number of hydrogen-bond donors (Lipinski definition) is 2. The topological polar surface area (TPSA) is 48.9 Å². The fourth-order valence-corrected chi connectivity index (χ4v) is 1.26. The van der Waals surface area contributed by atoms with Crippen molar-refractivity contribution in [1.29, 1.82) is 0 Å². The number of phenols is 1. The Kier molecular flexibility index (Phi) is 2.25. The number of hydrogen-bond acceptors (Lipinski definition) is 2. The molecular weight excluding hydrogens is 228 g/mol. The molecule has 0 radical (unpaired) electrons. The minimum absolute atomic E-state index is 0.0790.